The van der Waals surface area contributed by atoms with E-state index < -0.39 is 0 Å². The summed E-state index contributed by atoms with van der Waals surface area (Å²) in [6, 6.07) is 15.1. The molecule has 0 unspecified atom stereocenters. The molecule has 1 fully saturated rings. The Bertz CT molecular complexity index is 1120. The maximum atomic E-state index is 13.2. The molecule has 0 spiro atoms. The normalized spacial score (nSPS) is 14.2. The average Bonchev–Trinajstić information content (AvgIpc) is 2.82. The SMILES string of the molecule is CN(C)c1cccc2c(C(=O)Nc3cccnc3C(=O)NCC3CCCCC3)cccc12. The minimum absolute atomic E-state index is 0.242. The van der Waals surface area contributed by atoms with Gasteiger partial charge in [0.25, 0.3) is 11.8 Å². The predicted molar refractivity (Wildman–Crippen MR) is 129 cm³/mol. The fraction of sp³-hybridized carbons (Fsp3) is 0.346. The molecule has 0 atom stereocenters. The molecule has 1 saturated carbocycles. The van der Waals surface area contributed by atoms with E-state index in [1.807, 2.05) is 49.3 Å². The highest BCUT2D eigenvalue weighted by molar-refractivity contribution is 6.16. The van der Waals surface area contributed by atoms with Crippen LogP contribution in [0, 0.1) is 5.92 Å². The second kappa shape index (κ2) is 9.81. The van der Waals surface area contributed by atoms with Crippen molar-refractivity contribution in [2.45, 2.75) is 32.1 Å². The maximum absolute atomic E-state index is 13.2. The molecule has 2 aromatic carbocycles. The van der Waals surface area contributed by atoms with Crippen LogP contribution in [0.25, 0.3) is 10.8 Å². The standard InChI is InChI=1S/C26H30N4O2/c1-30(2)23-15-7-11-19-20(23)12-6-13-21(19)25(31)29-22-14-8-16-27-24(22)26(32)28-17-18-9-4-3-5-10-18/h6-8,11-16,18H,3-5,9-10,17H2,1-2H3,(H,28,32)(H,29,31). The van der Waals surface area contributed by atoms with Gasteiger partial charge < -0.3 is 15.5 Å². The number of nitrogens with zero attached hydrogens (tertiary/aromatic N) is 2. The molecule has 32 heavy (non-hydrogen) atoms. The summed E-state index contributed by atoms with van der Waals surface area (Å²) in [5, 5.41) is 7.79. The van der Waals surface area contributed by atoms with Gasteiger partial charge in [0.1, 0.15) is 0 Å². The first-order valence-electron chi connectivity index (χ1n) is 11.3. The number of carbonyl (C=O) groups is 2. The van der Waals surface area contributed by atoms with E-state index in [0.29, 0.717) is 23.7 Å². The third-order valence-electron chi connectivity index (χ3n) is 6.17. The molecule has 0 bridgehead atoms. The van der Waals surface area contributed by atoms with E-state index in [2.05, 4.69) is 15.6 Å². The van der Waals surface area contributed by atoms with Crippen molar-refractivity contribution >= 4 is 34.0 Å². The van der Waals surface area contributed by atoms with Gasteiger partial charge in [0, 0.05) is 43.5 Å². The lowest BCUT2D eigenvalue weighted by Crippen LogP contribution is -2.31. The largest absolute Gasteiger partial charge is 0.377 e. The van der Waals surface area contributed by atoms with Gasteiger partial charge in [-0.05, 0) is 48.4 Å². The number of hydrogen-bond acceptors (Lipinski definition) is 4. The van der Waals surface area contributed by atoms with Crippen LogP contribution in [0.3, 0.4) is 0 Å². The van der Waals surface area contributed by atoms with Gasteiger partial charge >= 0.3 is 0 Å². The van der Waals surface area contributed by atoms with Crippen LogP contribution < -0.4 is 15.5 Å². The van der Waals surface area contributed by atoms with Crippen molar-refractivity contribution in [2.75, 3.05) is 30.9 Å². The molecular weight excluding hydrogens is 400 g/mol. The van der Waals surface area contributed by atoms with E-state index in [9.17, 15) is 9.59 Å². The predicted octanol–water partition coefficient (Wildman–Crippen LogP) is 4.86. The molecule has 1 aliphatic rings. The van der Waals surface area contributed by atoms with E-state index in [0.717, 1.165) is 29.3 Å². The lowest BCUT2D eigenvalue weighted by molar-refractivity contribution is 0.0939. The van der Waals surface area contributed by atoms with Crippen LogP contribution in [0.1, 0.15) is 53.0 Å². The summed E-state index contributed by atoms with van der Waals surface area (Å²) in [4.78, 5) is 32.3. The van der Waals surface area contributed by atoms with Gasteiger partial charge in [-0.25, -0.2) is 4.98 Å². The molecular formula is C26H30N4O2. The number of amides is 2. The molecule has 6 heteroatoms. The lowest BCUT2D eigenvalue weighted by atomic mass is 9.89. The van der Waals surface area contributed by atoms with Crippen molar-refractivity contribution in [2.24, 2.45) is 5.92 Å². The third-order valence-corrected chi connectivity index (χ3v) is 6.17. The number of nitrogens with one attached hydrogen (secondary N) is 2. The van der Waals surface area contributed by atoms with E-state index in [1.54, 1.807) is 24.4 Å². The Kier molecular flexibility index (Phi) is 6.69. The average molecular weight is 431 g/mol. The molecule has 1 aliphatic carbocycles. The molecule has 1 aromatic heterocycles. The number of anilines is 2. The quantitative estimate of drug-likeness (QED) is 0.585. The van der Waals surface area contributed by atoms with Crippen molar-refractivity contribution in [3.8, 4) is 0 Å². The highest BCUT2D eigenvalue weighted by Crippen LogP contribution is 2.28. The van der Waals surface area contributed by atoms with E-state index in [1.165, 1.54) is 19.3 Å². The second-order valence-electron chi connectivity index (χ2n) is 8.64. The summed E-state index contributed by atoms with van der Waals surface area (Å²) in [6.45, 7) is 0.652. The zero-order chi connectivity index (χ0) is 22.5. The van der Waals surface area contributed by atoms with Crippen LogP contribution >= 0.6 is 0 Å². The van der Waals surface area contributed by atoms with Crippen LogP contribution in [0.5, 0.6) is 0 Å². The van der Waals surface area contributed by atoms with E-state index in [-0.39, 0.29) is 17.5 Å². The van der Waals surface area contributed by atoms with Crippen molar-refractivity contribution < 1.29 is 9.59 Å². The number of pyridine rings is 1. The van der Waals surface area contributed by atoms with Gasteiger partial charge in [0.15, 0.2) is 5.69 Å². The lowest BCUT2D eigenvalue weighted by Gasteiger charge is -2.21. The Labute approximate surface area is 189 Å². The number of rotatable bonds is 6. The summed E-state index contributed by atoms with van der Waals surface area (Å²) in [5.41, 5.74) is 2.26. The van der Waals surface area contributed by atoms with Crippen LogP contribution in [0.2, 0.25) is 0 Å². The van der Waals surface area contributed by atoms with Gasteiger partial charge in [-0.15, -0.1) is 0 Å². The number of fused-ring (bicyclic) bond motifs is 1. The molecule has 166 valence electrons. The van der Waals surface area contributed by atoms with Crippen LogP contribution in [-0.4, -0.2) is 37.4 Å². The number of carbonyl (C=O) groups excluding carboxylic acids is 2. The van der Waals surface area contributed by atoms with Crippen LogP contribution in [0.15, 0.2) is 54.7 Å². The smallest absolute Gasteiger partial charge is 0.272 e. The molecule has 2 N–H and O–H groups in total. The van der Waals surface area contributed by atoms with Gasteiger partial charge in [-0.3, -0.25) is 9.59 Å². The number of hydrogen-bond donors (Lipinski definition) is 2. The fourth-order valence-corrected chi connectivity index (χ4v) is 4.47. The second-order valence-corrected chi connectivity index (χ2v) is 8.64. The molecule has 0 saturated heterocycles. The first-order valence-corrected chi connectivity index (χ1v) is 11.3. The summed E-state index contributed by atoms with van der Waals surface area (Å²) in [5.74, 6) is 0.0103. The molecule has 3 aromatic rings. The minimum Gasteiger partial charge on any atom is -0.377 e. The Hall–Kier alpha value is -3.41. The molecule has 0 radical (unpaired) electrons. The molecule has 2 amide bonds. The first-order chi connectivity index (χ1) is 15.5. The zero-order valence-corrected chi connectivity index (χ0v) is 18.7. The van der Waals surface area contributed by atoms with Gasteiger partial charge in [0.05, 0.1) is 5.69 Å². The Morgan fingerprint density at radius 1 is 0.938 bits per heavy atom. The highest BCUT2D eigenvalue weighted by Gasteiger charge is 2.19. The van der Waals surface area contributed by atoms with Crippen LogP contribution in [-0.2, 0) is 0 Å². The fourth-order valence-electron chi connectivity index (χ4n) is 4.47. The first kappa shape index (κ1) is 21.8. The Morgan fingerprint density at radius 2 is 1.69 bits per heavy atom. The number of aromatic nitrogens is 1. The summed E-state index contributed by atoms with van der Waals surface area (Å²) >= 11 is 0. The summed E-state index contributed by atoms with van der Waals surface area (Å²) in [7, 11) is 3.96. The topological polar surface area (TPSA) is 74.3 Å². The molecule has 4 rings (SSSR count). The third kappa shape index (κ3) is 4.74. The molecule has 1 heterocycles. The van der Waals surface area contributed by atoms with Gasteiger partial charge in [-0.1, -0.05) is 43.5 Å². The maximum Gasteiger partial charge on any atom is 0.272 e. The summed E-state index contributed by atoms with van der Waals surface area (Å²) in [6.07, 6.45) is 7.62. The van der Waals surface area contributed by atoms with E-state index >= 15 is 0 Å². The van der Waals surface area contributed by atoms with Gasteiger partial charge in [0.2, 0.25) is 0 Å². The number of benzene rings is 2. The van der Waals surface area contributed by atoms with Crippen LogP contribution in [0.4, 0.5) is 11.4 Å². The van der Waals surface area contributed by atoms with Crippen molar-refractivity contribution in [3.63, 3.8) is 0 Å². The Morgan fingerprint density at radius 3 is 2.47 bits per heavy atom. The minimum atomic E-state index is -0.263. The highest BCUT2D eigenvalue weighted by atomic mass is 16.2. The van der Waals surface area contributed by atoms with Crippen molar-refractivity contribution in [3.05, 3.63) is 66.0 Å². The van der Waals surface area contributed by atoms with Crippen molar-refractivity contribution in [1.29, 1.82) is 0 Å². The monoisotopic (exact) mass is 430 g/mol. The summed E-state index contributed by atoms with van der Waals surface area (Å²) < 4.78 is 0. The Balaban J connectivity index is 1.54. The molecule has 6 nitrogen and oxygen atoms in total. The van der Waals surface area contributed by atoms with E-state index in [4.69, 9.17) is 0 Å². The molecule has 0 aliphatic heterocycles. The van der Waals surface area contributed by atoms with Crippen molar-refractivity contribution in [1.82, 2.24) is 10.3 Å². The van der Waals surface area contributed by atoms with Gasteiger partial charge in [-0.2, -0.15) is 0 Å². The zero-order valence-electron chi connectivity index (χ0n) is 18.7.